The monoisotopic (exact) mass is 347 g/mol. The summed E-state index contributed by atoms with van der Waals surface area (Å²) in [6.45, 7) is 3.76. The molecule has 0 radical (unpaired) electrons. The molecule has 0 unspecified atom stereocenters. The van der Waals surface area contributed by atoms with Gasteiger partial charge in [-0.25, -0.2) is 0 Å². The van der Waals surface area contributed by atoms with Gasteiger partial charge in [0.05, 0.1) is 14.3 Å². The Labute approximate surface area is 124 Å². The van der Waals surface area contributed by atoms with Crippen LogP contribution in [0.3, 0.4) is 0 Å². The van der Waals surface area contributed by atoms with Gasteiger partial charge in [-0.1, -0.05) is 12.2 Å². The molecule has 0 saturated carbocycles. The smallest absolute Gasteiger partial charge is 0.254 e. The molecule has 0 atom stereocenters. The largest absolute Gasteiger partial charge is 0.392 e. The molecule has 1 aliphatic rings. The van der Waals surface area contributed by atoms with Crippen LogP contribution >= 0.6 is 39.5 Å². The fraction of sp³-hybridized carbons (Fsp3) is 0.455. The third kappa shape index (κ3) is 3.50. The lowest BCUT2D eigenvalue weighted by atomic mass is 10.2. The Morgan fingerprint density at radius 3 is 2.61 bits per heavy atom. The van der Waals surface area contributed by atoms with Crippen LogP contribution in [0, 0.1) is 0 Å². The zero-order chi connectivity index (χ0) is 13.1. The van der Waals surface area contributed by atoms with Crippen LogP contribution in [0.25, 0.3) is 0 Å². The van der Waals surface area contributed by atoms with E-state index in [9.17, 15) is 4.79 Å². The zero-order valence-corrected chi connectivity index (χ0v) is 13.0. The number of nitrogens with zero attached hydrogens (tertiary/aromatic N) is 2. The van der Waals surface area contributed by atoms with Gasteiger partial charge in [-0.15, -0.1) is 11.3 Å². The quantitative estimate of drug-likeness (QED) is 0.843. The lowest BCUT2D eigenvalue weighted by Crippen LogP contribution is -2.50. The second-order valence-corrected chi connectivity index (χ2v) is 6.99. The van der Waals surface area contributed by atoms with Gasteiger partial charge >= 0.3 is 0 Å². The van der Waals surface area contributed by atoms with Crippen LogP contribution in [0.2, 0.25) is 0 Å². The van der Waals surface area contributed by atoms with E-state index in [1.807, 2.05) is 16.3 Å². The van der Waals surface area contributed by atoms with E-state index in [-0.39, 0.29) is 5.91 Å². The van der Waals surface area contributed by atoms with Crippen molar-refractivity contribution in [2.24, 2.45) is 5.73 Å². The summed E-state index contributed by atoms with van der Waals surface area (Å²) >= 11 is 9.79. The lowest BCUT2D eigenvalue weighted by Gasteiger charge is -2.34. The number of carbonyl (C=O) groups excluding carboxylic acids is 1. The summed E-state index contributed by atoms with van der Waals surface area (Å²) in [6, 6.07) is 1.87. The Hall–Kier alpha value is -0.500. The van der Waals surface area contributed by atoms with Crippen molar-refractivity contribution in [3.8, 4) is 0 Å². The number of amides is 1. The molecule has 18 heavy (non-hydrogen) atoms. The zero-order valence-electron chi connectivity index (χ0n) is 9.76. The molecule has 1 aromatic heterocycles. The minimum atomic E-state index is 0.104. The summed E-state index contributed by atoms with van der Waals surface area (Å²) < 4.78 is 0.984. The molecule has 2 N–H and O–H groups in total. The van der Waals surface area contributed by atoms with Crippen LogP contribution in [-0.2, 0) is 0 Å². The van der Waals surface area contributed by atoms with E-state index in [2.05, 4.69) is 20.8 Å². The molecule has 98 valence electrons. The van der Waals surface area contributed by atoms with Gasteiger partial charge in [-0.05, 0) is 22.0 Å². The van der Waals surface area contributed by atoms with E-state index < -0.39 is 0 Å². The van der Waals surface area contributed by atoms with Gasteiger partial charge < -0.3 is 10.6 Å². The van der Waals surface area contributed by atoms with Gasteiger partial charge in [-0.3, -0.25) is 9.69 Å². The number of hydrogen-bond acceptors (Lipinski definition) is 4. The summed E-state index contributed by atoms with van der Waals surface area (Å²) in [6.07, 6.45) is 0. The van der Waals surface area contributed by atoms with Gasteiger partial charge in [-0.2, -0.15) is 0 Å². The molecule has 2 heterocycles. The molecular weight excluding hydrogens is 334 g/mol. The standard InChI is InChI=1S/C11H14BrN3OS2/c12-9-5-8(7-18-9)11(16)15-3-1-14(2-4-15)6-10(13)17/h5,7H,1-4,6H2,(H2,13,17). The maximum Gasteiger partial charge on any atom is 0.254 e. The van der Waals surface area contributed by atoms with E-state index in [4.69, 9.17) is 18.0 Å². The predicted molar refractivity (Wildman–Crippen MR) is 81.1 cm³/mol. The maximum atomic E-state index is 12.2. The highest BCUT2D eigenvalue weighted by Gasteiger charge is 2.22. The van der Waals surface area contributed by atoms with Crippen LogP contribution < -0.4 is 5.73 Å². The average molecular weight is 348 g/mol. The highest BCUT2D eigenvalue weighted by Crippen LogP contribution is 2.22. The number of thiophene rings is 1. The van der Waals surface area contributed by atoms with Crippen molar-refractivity contribution in [1.82, 2.24) is 9.80 Å². The van der Waals surface area contributed by atoms with Crippen molar-refractivity contribution in [1.29, 1.82) is 0 Å². The fourth-order valence-electron chi connectivity index (χ4n) is 1.93. The summed E-state index contributed by atoms with van der Waals surface area (Å²) in [5, 5.41) is 1.88. The second-order valence-electron chi connectivity index (χ2n) is 4.17. The number of piperazine rings is 1. The minimum absolute atomic E-state index is 0.104. The number of nitrogens with two attached hydrogens (primary N) is 1. The first-order valence-corrected chi connectivity index (χ1v) is 7.68. The normalized spacial score (nSPS) is 16.8. The molecule has 0 aliphatic carbocycles. The number of thiocarbonyl (C=S) groups is 1. The molecule has 1 fully saturated rings. The minimum Gasteiger partial charge on any atom is -0.392 e. The van der Waals surface area contributed by atoms with Crippen LogP contribution in [0.1, 0.15) is 10.4 Å². The van der Waals surface area contributed by atoms with Crippen LogP contribution in [0.5, 0.6) is 0 Å². The van der Waals surface area contributed by atoms with Crippen LogP contribution in [0.15, 0.2) is 15.2 Å². The molecule has 7 heteroatoms. The average Bonchev–Trinajstić information content (AvgIpc) is 2.75. The van der Waals surface area contributed by atoms with E-state index >= 15 is 0 Å². The lowest BCUT2D eigenvalue weighted by molar-refractivity contribution is 0.0655. The first-order chi connectivity index (χ1) is 8.56. The molecule has 2 rings (SSSR count). The Balaban J connectivity index is 1.90. The van der Waals surface area contributed by atoms with Crippen molar-refractivity contribution in [3.63, 3.8) is 0 Å². The maximum absolute atomic E-state index is 12.2. The molecule has 1 aliphatic heterocycles. The fourth-order valence-corrected chi connectivity index (χ4v) is 3.25. The van der Waals surface area contributed by atoms with Gasteiger partial charge in [0.2, 0.25) is 0 Å². The first-order valence-electron chi connectivity index (χ1n) is 5.60. The molecule has 0 aromatic carbocycles. The highest BCUT2D eigenvalue weighted by atomic mass is 79.9. The van der Waals surface area contributed by atoms with E-state index in [1.165, 1.54) is 11.3 Å². The number of hydrogen-bond donors (Lipinski definition) is 1. The topological polar surface area (TPSA) is 49.6 Å². The number of carbonyl (C=O) groups is 1. The SMILES string of the molecule is NC(=S)CN1CCN(C(=O)c2csc(Br)c2)CC1. The summed E-state index contributed by atoms with van der Waals surface area (Å²) in [5.41, 5.74) is 6.28. The number of rotatable bonds is 3. The predicted octanol–water partition coefficient (Wildman–Crippen LogP) is 1.55. The van der Waals surface area contributed by atoms with E-state index in [0.29, 0.717) is 11.5 Å². The van der Waals surface area contributed by atoms with Gasteiger partial charge in [0.1, 0.15) is 0 Å². The summed E-state index contributed by atoms with van der Waals surface area (Å²) in [7, 11) is 0. The highest BCUT2D eigenvalue weighted by molar-refractivity contribution is 9.11. The third-order valence-electron chi connectivity index (χ3n) is 2.85. The van der Waals surface area contributed by atoms with Gasteiger partial charge in [0.25, 0.3) is 5.91 Å². The van der Waals surface area contributed by atoms with Crippen molar-refractivity contribution >= 4 is 50.4 Å². The Morgan fingerprint density at radius 2 is 2.11 bits per heavy atom. The van der Waals surface area contributed by atoms with Crippen LogP contribution in [0.4, 0.5) is 0 Å². The van der Waals surface area contributed by atoms with Gasteiger partial charge in [0.15, 0.2) is 0 Å². The second kappa shape index (κ2) is 6.10. The van der Waals surface area contributed by atoms with Crippen molar-refractivity contribution in [3.05, 3.63) is 20.8 Å². The summed E-state index contributed by atoms with van der Waals surface area (Å²) in [5.74, 6) is 0.104. The van der Waals surface area contributed by atoms with Crippen molar-refractivity contribution < 1.29 is 4.79 Å². The summed E-state index contributed by atoms with van der Waals surface area (Å²) in [4.78, 5) is 16.8. The van der Waals surface area contributed by atoms with Gasteiger partial charge in [0, 0.05) is 38.1 Å². The molecule has 0 bridgehead atoms. The van der Waals surface area contributed by atoms with Crippen molar-refractivity contribution in [2.75, 3.05) is 32.7 Å². The Morgan fingerprint density at radius 1 is 1.44 bits per heavy atom. The van der Waals surface area contributed by atoms with Crippen molar-refractivity contribution in [2.45, 2.75) is 0 Å². The first kappa shape index (κ1) is 13.9. The molecule has 1 aromatic rings. The van der Waals surface area contributed by atoms with E-state index in [0.717, 1.165) is 35.5 Å². The van der Waals surface area contributed by atoms with E-state index in [1.54, 1.807) is 0 Å². The Kier molecular flexibility index (Phi) is 4.71. The Bertz CT molecular complexity index is 455. The molecule has 1 saturated heterocycles. The number of halogens is 1. The molecule has 1 amide bonds. The van der Waals surface area contributed by atoms with Crippen LogP contribution in [-0.4, -0.2) is 53.4 Å². The molecule has 0 spiro atoms. The molecular formula is C11H14BrN3OS2. The molecule has 4 nitrogen and oxygen atoms in total. The third-order valence-corrected chi connectivity index (χ3v) is 4.49.